The van der Waals surface area contributed by atoms with Gasteiger partial charge in [-0.3, -0.25) is 0 Å². The van der Waals surface area contributed by atoms with E-state index < -0.39 is 0 Å². The van der Waals surface area contributed by atoms with Crippen molar-refractivity contribution >= 4 is 0 Å². The van der Waals surface area contributed by atoms with Crippen molar-refractivity contribution in [2.24, 2.45) is 0 Å². The van der Waals surface area contributed by atoms with Gasteiger partial charge in [-0.2, -0.15) is 0 Å². The highest BCUT2D eigenvalue weighted by Gasteiger charge is 2.22. The molecule has 2 nitrogen and oxygen atoms in total. The summed E-state index contributed by atoms with van der Waals surface area (Å²) in [6.45, 7) is 0.665. The summed E-state index contributed by atoms with van der Waals surface area (Å²) in [6.07, 6.45) is 2.79. The standard InChI is InChI=1S/C12H16O2/c13-11-6-7-12(8-11)14-9-10-4-2-1-3-5-10/h1-5,11-13H,6-9H2/t11-,12+/m0/s1. The van der Waals surface area contributed by atoms with Crippen LogP contribution in [-0.4, -0.2) is 17.3 Å². The molecule has 1 aromatic carbocycles. The third-order valence-corrected chi connectivity index (χ3v) is 2.69. The highest BCUT2D eigenvalue weighted by Crippen LogP contribution is 2.22. The van der Waals surface area contributed by atoms with Crippen molar-refractivity contribution in [1.29, 1.82) is 0 Å². The van der Waals surface area contributed by atoms with Gasteiger partial charge in [-0.05, 0) is 24.8 Å². The summed E-state index contributed by atoms with van der Waals surface area (Å²) in [5, 5.41) is 9.32. The van der Waals surface area contributed by atoms with Crippen molar-refractivity contribution in [3.05, 3.63) is 35.9 Å². The lowest BCUT2D eigenvalue weighted by Gasteiger charge is -2.10. The van der Waals surface area contributed by atoms with Crippen molar-refractivity contribution < 1.29 is 9.84 Å². The van der Waals surface area contributed by atoms with Gasteiger partial charge >= 0.3 is 0 Å². The predicted molar refractivity (Wildman–Crippen MR) is 54.9 cm³/mol. The lowest BCUT2D eigenvalue weighted by atomic mass is 10.2. The van der Waals surface area contributed by atoms with E-state index in [0.717, 1.165) is 19.3 Å². The number of aliphatic hydroxyl groups excluding tert-OH is 1. The van der Waals surface area contributed by atoms with Gasteiger partial charge in [0.25, 0.3) is 0 Å². The van der Waals surface area contributed by atoms with Crippen LogP contribution in [0.1, 0.15) is 24.8 Å². The lowest BCUT2D eigenvalue weighted by Crippen LogP contribution is -2.09. The van der Waals surface area contributed by atoms with E-state index in [1.807, 2.05) is 18.2 Å². The van der Waals surface area contributed by atoms with Crippen molar-refractivity contribution in [3.63, 3.8) is 0 Å². The van der Waals surface area contributed by atoms with Crippen LogP contribution in [0.5, 0.6) is 0 Å². The predicted octanol–water partition coefficient (Wildman–Crippen LogP) is 2.12. The maximum Gasteiger partial charge on any atom is 0.0720 e. The molecule has 0 radical (unpaired) electrons. The maximum absolute atomic E-state index is 9.32. The molecule has 0 saturated heterocycles. The van der Waals surface area contributed by atoms with Crippen LogP contribution < -0.4 is 0 Å². The van der Waals surface area contributed by atoms with E-state index in [1.165, 1.54) is 5.56 Å². The van der Waals surface area contributed by atoms with Crippen molar-refractivity contribution in [1.82, 2.24) is 0 Å². The maximum atomic E-state index is 9.32. The lowest BCUT2D eigenvalue weighted by molar-refractivity contribution is 0.0357. The van der Waals surface area contributed by atoms with E-state index in [2.05, 4.69) is 12.1 Å². The molecule has 0 unspecified atom stereocenters. The van der Waals surface area contributed by atoms with Crippen LogP contribution in [0.15, 0.2) is 30.3 Å². The average molecular weight is 192 g/mol. The Balaban J connectivity index is 1.78. The SMILES string of the molecule is O[C@H]1CC[C@@H](OCc2ccccc2)C1. The van der Waals surface area contributed by atoms with Gasteiger partial charge < -0.3 is 9.84 Å². The van der Waals surface area contributed by atoms with Gasteiger partial charge in [-0.15, -0.1) is 0 Å². The van der Waals surface area contributed by atoms with E-state index in [0.29, 0.717) is 6.61 Å². The normalized spacial score (nSPS) is 26.6. The molecule has 1 N–H and O–H groups in total. The highest BCUT2D eigenvalue weighted by atomic mass is 16.5. The van der Waals surface area contributed by atoms with E-state index in [-0.39, 0.29) is 12.2 Å². The largest absolute Gasteiger partial charge is 0.393 e. The zero-order chi connectivity index (χ0) is 9.80. The molecular formula is C12H16O2. The van der Waals surface area contributed by atoms with Crippen LogP contribution >= 0.6 is 0 Å². The Labute approximate surface area is 84.5 Å². The Morgan fingerprint density at radius 1 is 1.21 bits per heavy atom. The van der Waals surface area contributed by atoms with Crippen molar-refractivity contribution in [3.8, 4) is 0 Å². The molecule has 0 heterocycles. The summed E-state index contributed by atoms with van der Waals surface area (Å²) in [6, 6.07) is 10.2. The molecule has 76 valence electrons. The summed E-state index contributed by atoms with van der Waals surface area (Å²) >= 11 is 0. The first-order chi connectivity index (χ1) is 6.84. The molecule has 2 heteroatoms. The molecule has 1 aromatic rings. The fraction of sp³-hybridized carbons (Fsp3) is 0.500. The van der Waals surface area contributed by atoms with Gasteiger partial charge in [0.15, 0.2) is 0 Å². The first-order valence-corrected chi connectivity index (χ1v) is 5.18. The van der Waals surface area contributed by atoms with Crippen molar-refractivity contribution in [2.45, 2.75) is 38.1 Å². The zero-order valence-corrected chi connectivity index (χ0v) is 8.23. The molecule has 0 bridgehead atoms. The molecule has 14 heavy (non-hydrogen) atoms. The second-order valence-electron chi connectivity index (χ2n) is 3.89. The summed E-state index contributed by atoms with van der Waals surface area (Å²) in [4.78, 5) is 0. The second kappa shape index (κ2) is 4.58. The number of hydrogen-bond donors (Lipinski definition) is 1. The van der Waals surface area contributed by atoms with E-state index in [1.54, 1.807) is 0 Å². The minimum atomic E-state index is -0.143. The molecule has 1 fully saturated rings. The number of hydrogen-bond acceptors (Lipinski definition) is 2. The molecule has 1 saturated carbocycles. The Morgan fingerprint density at radius 2 is 2.00 bits per heavy atom. The van der Waals surface area contributed by atoms with E-state index in [4.69, 9.17) is 4.74 Å². The van der Waals surface area contributed by atoms with E-state index in [9.17, 15) is 5.11 Å². The van der Waals surface area contributed by atoms with Gasteiger partial charge in [-0.1, -0.05) is 30.3 Å². The van der Waals surface area contributed by atoms with Crippen LogP contribution in [-0.2, 0) is 11.3 Å². The Bertz CT molecular complexity index is 271. The number of aliphatic hydroxyl groups is 1. The number of ether oxygens (including phenoxy) is 1. The smallest absolute Gasteiger partial charge is 0.0720 e. The molecule has 0 aromatic heterocycles. The van der Waals surface area contributed by atoms with Gasteiger partial charge in [0.1, 0.15) is 0 Å². The third-order valence-electron chi connectivity index (χ3n) is 2.69. The van der Waals surface area contributed by atoms with Gasteiger partial charge in [0.05, 0.1) is 18.8 Å². The first kappa shape index (κ1) is 9.69. The second-order valence-corrected chi connectivity index (χ2v) is 3.89. The quantitative estimate of drug-likeness (QED) is 0.794. The van der Waals surface area contributed by atoms with Crippen LogP contribution in [0, 0.1) is 0 Å². The molecule has 2 rings (SSSR count). The molecule has 1 aliphatic rings. The molecule has 0 spiro atoms. The fourth-order valence-corrected chi connectivity index (χ4v) is 1.86. The first-order valence-electron chi connectivity index (χ1n) is 5.18. The summed E-state index contributed by atoms with van der Waals surface area (Å²) in [5.74, 6) is 0. The zero-order valence-electron chi connectivity index (χ0n) is 8.23. The molecule has 0 aliphatic heterocycles. The molecular weight excluding hydrogens is 176 g/mol. The number of rotatable bonds is 3. The van der Waals surface area contributed by atoms with Gasteiger partial charge in [0, 0.05) is 0 Å². The topological polar surface area (TPSA) is 29.5 Å². The Hall–Kier alpha value is -0.860. The minimum Gasteiger partial charge on any atom is -0.393 e. The molecule has 1 aliphatic carbocycles. The monoisotopic (exact) mass is 192 g/mol. The van der Waals surface area contributed by atoms with Crippen LogP contribution in [0.2, 0.25) is 0 Å². The van der Waals surface area contributed by atoms with Crippen LogP contribution in [0.4, 0.5) is 0 Å². The summed E-state index contributed by atoms with van der Waals surface area (Å²) in [7, 11) is 0. The molecule has 2 atom stereocenters. The average Bonchev–Trinajstić information content (AvgIpc) is 2.63. The minimum absolute atomic E-state index is 0.143. The summed E-state index contributed by atoms with van der Waals surface area (Å²) in [5.41, 5.74) is 1.20. The number of benzene rings is 1. The third kappa shape index (κ3) is 2.56. The van der Waals surface area contributed by atoms with Gasteiger partial charge in [-0.25, -0.2) is 0 Å². The van der Waals surface area contributed by atoms with Crippen LogP contribution in [0.25, 0.3) is 0 Å². The fourth-order valence-electron chi connectivity index (χ4n) is 1.86. The Kier molecular flexibility index (Phi) is 3.17. The van der Waals surface area contributed by atoms with E-state index >= 15 is 0 Å². The highest BCUT2D eigenvalue weighted by molar-refractivity contribution is 5.13. The Morgan fingerprint density at radius 3 is 2.64 bits per heavy atom. The van der Waals surface area contributed by atoms with Crippen molar-refractivity contribution in [2.75, 3.05) is 0 Å². The summed E-state index contributed by atoms with van der Waals surface area (Å²) < 4.78 is 5.70. The van der Waals surface area contributed by atoms with Gasteiger partial charge in [0.2, 0.25) is 0 Å². The molecule has 0 amide bonds. The van der Waals surface area contributed by atoms with Crippen LogP contribution in [0.3, 0.4) is 0 Å².